The third kappa shape index (κ3) is 2.67. The molecule has 0 bridgehead atoms. The van der Waals surface area contributed by atoms with E-state index < -0.39 is 0 Å². The second-order valence-corrected chi connectivity index (χ2v) is 4.30. The largest absolute Gasteiger partial charge is 0.381 e. The van der Waals surface area contributed by atoms with Crippen LogP contribution in [0.2, 0.25) is 0 Å². The van der Waals surface area contributed by atoms with Crippen LogP contribution >= 0.6 is 0 Å². The minimum atomic E-state index is -0.234. The molecule has 1 aliphatic rings. The van der Waals surface area contributed by atoms with Crippen LogP contribution in [0.5, 0.6) is 0 Å². The Bertz CT molecular complexity index is 168. The van der Waals surface area contributed by atoms with Gasteiger partial charge in [-0.2, -0.15) is 0 Å². The van der Waals surface area contributed by atoms with Gasteiger partial charge in [0.15, 0.2) is 0 Å². The average Bonchev–Trinajstić information content (AvgIpc) is 2.57. The van der Waals surface area contributed by atoms with Gasteiger partial charge in [-0.1, -0.05) is 0 Å². The van der Waals surface area contributed by atoms with Crippen LogP contribution in [0.4, 0.5) is 0 Å². The second-order valence-electron chi connectivity index (χ2n) is 4.30. The van der Waals surface area contributed by atoms with Gasteiger partial charge in [0.2, 0.25) is 0 Å². The number of rotatable bonds is 5. The molecule has 14 heavy (non-hydrogen) atoms. The summed E-state index contributed by atoms with van der Waals surface area (Å²) < 4.78 is 11.1. The highest BCUT2D eigenvalue weighted by Crippen LogP contribution is 2.26. The van der Waals surface area contributed by atoms with E-state index in [2.05, 4.69) is 19.3 Å². The smallest absolute Gasteiger partial charge is 0.0795 e. The molecule has 1 aliphatic heterocycles. The molecule has 1 rings (SSSR count). The fraction of sp³-hybridized carbons (Fsp3) is 1.00. The van der Waals surface area contributed by atoms with Crippen molar-refractivity contribution < 1.29 is 9.47 Å². The highest BCUT2D eigenvalue weighted by Gasteiger charge is 2.37. The molecule has 1 heterocycles. The van der Waals surface area contributed by atoms with Gasteiger partial charge in [0.25, 0.3) is 0 Å². The van der Waals surface area contributed by atoms with Crippen LogP contribution in [-0.4, -0.2) is 31.5 Å². The highest BCUT2D eigenvalue weighted by molar-refractivity contribution is 4.91. The molecule has 0 aromatic carbocycles. The first-order valence-electron chi connectivity index (χ1n) is 5.29. The zero-order chi connectivity index (χ0) is 10.6. The van der Waals surface area contributed by atoms with Crippen molar-refractivity contribution >= 4 is 0 Å². The van der Waals surface area contributed by atoms with Gasteiger partial charge in [0.1, 0.15) is 0 Å². The van der Waals surface area contributed by atoms with E-state index in [-0.39, 0.29) is 11.6 Å². The zero-order valence-corrected chi connectivity index (χ0v) is 9.38. The summed E-state index contributed by atoms with van der Waals surface area (Å²) in [6.07, 6.45) is 1.06. The predicted octanol–water partition coefficient (Wildman–Crippen LogP) is 0.670. The number of hydrogen-bond acceptors (Lipinski definition) is 4. The Morgan fingerprint density at radius 3 is 2.79 bits per heavy atom. The van der Waals surface area contributed by atoms with Crippen LogP contribution in [0.3, 0.4) is 0 Å². The van der Waals surface area contributed by atoms with Crippen LogP contribution in [-0.2, 0) is 9.47 Å². The summed E-state index contributed by atoms with van der Waals surface area (Å²) in [7, 11) is 0. The van der Waals surface area contributed by atoms with Gasteiger partial charge in [0, 0.05) is 19.1 Å². The molecule has 0 aromatic rings. The Morgan fingerprint density at radius 1 is 1.64 bits per heavy atom. The van der Waals surface area contributed by atoms with Gasteiger partial charge in [-0.15, -0.1) is 0 Å². The molecular formula is C10H22N2O2. The van der Waals surface area contributed by atoms with Crippen LogP contribution in [0.25, 0.3) is 0 Å². The fourth-order valence-electron chi connectivity index (χ4n) is 2.18. The summed E-state index contributed by atoms with van der Waals surface area (Å²) in [5.74, 6) is 6.04. The maximum absolute atomic E-state index is 5.70. The van der Waals surface area contributed by atoms with Crippen molar-refractivity contribution in [3.05, 3.63) is 0 Å². The van der Waals surface area contributed by atoms with Gasteiger partial charge in [-0.3, -0.25) is 11.3 Å². The maximum atomic E-state index is 5.70. The molecule has 84 valence electrons. The van der Waals surface area contributed by atoms with Crippen LogP contribution < -0.4 is 11.3 Å². The summed E-state index contributed by atoms with van der Waals surface area (Å²) in [4.78, 5) is 0. The monoisotopic (exact) mass is 202 g/mol. The van der Waals surface area contributed by atoms with Crippen molar-refractivity contribution in [1.29, 1.82) is 0 Å². The summed E-state index contributed by atoms with van der Waals surface area (Å²) >= 11 is 0. The topological polar surface area (TPSA) is 56.5 Å². The van der Waals surface area contributed by atoms with E-state index in [0.717, 1.165) is 19.6 Å². The van der Waals surface area contributed by atoms with Crippen molar-refractivity contribution in [2.45, 2.75) is 38.8 Å². The molecule has 1 fully saturated rings. The van der Waals surface area contributed by atoms with E-state index in [1.54, 1.807) is 0 Å². The van der Waals surface area contributed by atoms with E-state index in [1.807, 2.05) is 6.92 Å². The Kier molecular flexibility index (Phi) is 4.31. The van der Waals surface area contributed by atoms with Gasteiger partial charge < -0.3 is 9.47 Å². The number of ether oxygens (including phenoxy) is 2. The first-order valence-corrected chi connectivity index (χ1v) is 5.29. The lowest BCUT2D eigenvalue weighted by Gasteiger charge is -2.36. The normalized spacial score (nSPS) is 25.3. The van der Waals surface area contributed by atoms with E-state index in [1.165, 1.54) is 0 Å². The molecule has 0 radical (unpaired) electrons. The third-order valence-corrected chi connectivity index (χ3v) is 2.88. The zero-order valence-electron chi connectivity index (χ0n) is 9.38. The summed E-state index contributed by atoms with van der Waals surface area (Å²) in [6.45, 7) is 8.47. The highest BCUT2D eigenvalue weighted by atomic mass is 16.5. The maximum Gasteiger partial charge on any atom is 0.0795 e. The molecule has 0 aromatic heterocycles. The fourth-order valence-corrected chi connectivity index (χ4v) is 2.18. The first kappa shape index (κ1) is 11.9. The summed E-state index contributed by atoms with van der Waals surface area (Å²) in [6, 6.07) is 0.157. The molecule has 0 aliphatic carbocycles. The molecule has 1 saturated heterocycles. The molecule has 0 amide bonds. The number of hydrazine groups is 1. The molecule has 3 N–H and O–H groups in total. The van der Waals surface area contributed by atoms with Crippen LogP contribution in [0.15, 0.2) is 0 Å². The van der Waals surface area contributed by atoms with Gasteiger partial charge >= 0.3 is 0 Å². The van der Waals surface area contributed by atoms with Crippen molar-refractivity contribution in [3.8, 4) is 0 Å². The van der Waals surface area contributed by atoms with E-state index in [4.69, 9.17) is 15.3 Å². The van der Waals surface area contributed by atoms with E-state index in [9.17, 15) is 0 Å². The van der Waals surface area contributed by atoms with E-state index in [0.29, 0.717) is 12.5 Å². The van der Waals surface area contributed by atoms with Crippen LogP contribution in [0, 0.1) is 5.92 Å². The Hall–Kier alpha value is -0.160. The molecule has 0 spiro atoms. The minimum Gasteiger partial charge on any atom is -0.381 e. The summed E-state index contributed by atoms with van der Waals surface area (Å²) in [5.41, 5.74) is 2.63. The van der Waals surface area contributed by atoms with Gasteiger partial charge in [0.05, 0.1) is 18.2 Å². The first-order chi connectivity index (χ1) is 6.61. The molecule has 0 saturated carbocycles. The van der Waals surface area contributed by atoms with Crippen molar-refractivity contribution in [3.63, 3.8) is 0 Å². The standard InChI is InChI=1S/C10H22N2O2/c1-4-14-10(2,3)9(12-11)8-5-6-13-7-8/h8-9,12H,4-7,11H2,1-3H3. The number of nitrogens with two attached hydrogens (primary N) is 1. The Labute approximate surface area is 86.1 Å². The van der Waals surface area contributed by atoms with E-state index >= 15 is 0 Å². The second kappa shape index (κ2) is 5.07. The molecular weight excluding hydrogens is 180 g/mol. The quantitative estimate of drug-likeness (QED) is 0.508. The lowest BCUT2D eigenvalue weighted by atomic mass is 9.86. The van der Waals surface area contributed by atoms with Gasteiger partial charge in [-0.25, -0.2) is 0 Å². The Morgan fingerprint density at radius 2 is 2.36 bits per heavy atom. The lowest BCUT2D eigenvalue weighted by molar-refractivity contribution is -0.0537. The third-order valence-electron chi connectivity index (χ3n) is 2.88. The van der Waals surface area contributed by atoms with Gasteiger partial charge in [-0.05, 0) is 27.2 Å². The lowest BCUT2D eigenvalue weighted by Crippen LogP contribution is -2.55. The van der Waals surface area contributed by atoms with Crippen LogP contribution in [0.1, 0.15) is 27.2 Å². The minimum absolute atomic E-state index is 0.157. The number of hydrogen-bond donors (Lipinski definition) is 2. The number of nitrogens with one attached hydrogen (secondary N) is 1. The summed E-state index contributed by atoms with van der Waals surface area (Å²) in [5, 5.41) is 0. The van der Waals surface area contributed by atoms with Crippen molar-refractivity contribution in [2.75, 3.05) is 19.8 Å². The molecule has 2 atom stereocenters. The SMILES string of the molecule is CCOC(C)(C)C(NN)C1CCOC1. The predicted molar refractivity (Wildman–Crippen MR) is 55.7 cm³/mol. The van der Waals surface area contributed by atoms with Crippen molar-refractivity contribution in [1.82, 2.24) is 5.43 Å². The molecule has 2 unspecified atom stereocenters. The van der Waals surface area contributed by atoms with Crippen molar-refractivity contribution in [2.24, 2.45) is 11.8 Å². The average molecular weight is 202 g/mol. The Balaban J connectivity index is 2.58. The molecule has 4 heteroatoms. The molecule has 4 nitrogen and oxygen atoms in total.